The number of hydrogen-bond donors (Lipinski definition) is 5. The van der Waals surface area contributed by atoms with Crippen LogP contribution in [0.5, 0.6) is 5.75 Å². The zero-order chi connectivity index (χ0) is 21.4. The first kappa shape index (κ1) is 24.6. The van der Waals surface area contributed by atoms with Gasteiger partial charge in [-0.05, 0) is 36.6 Å². The number of phenolic OH excluding ortho intramolecular Hbond substituents is 1. The van der Waals surface area contributed by atoms with Gasteiger partial charge in [-0.3, -0.25) is 14.4 Å². The standard InChI is InChI=1S/C17H21N3O3.C2H5NO2/c1-19-16(22)5-3-2-4-10-20-17(23)14(12-18)11-13-6-8-15(21)9-7-13;3-1-2(4)5/h6-9,11,21H,2-5,10H2,1H3,(H,19,22)(H,20,23);1,3H2,(H,4,5)/b14-11+;. The summed E-state index contributed by atoms with van der Waals surface area (Å²) >= 11 is 0. The molecule has 0 fully saturated rings. The van der Waals surface area contributed by atoms with Gasteiger partial charge in [0, 0.05) is 20.0 Å². The molecule has 0 aliphatic carbocycles. The summed E-state index contributed by atoms with van der Waals surface area (Å²) in [4.78, 5) is 32.2. The number of amides is 2. The lowest BCUT2D eigenvalue weighted by Gasteiger charge is -2.04. The molecular formula is C19H26N4O5. The van der Waals surface area contributed by atoms with Crippen LogP contribution in [0, 0.1) is 11.3 Å². The van der Waals surface area contributed by atoms with Crippen LogP contribution in [0.1, 0.15) is 31.2 Å². The SMILES string of the molecule is CNC(=O)CCCCCNC(=O)/C(C#N)=C/c1ccc(O)cc1.NCC(=O)O. The molecule has 0 saturated heterocycles. The number of hydrogen-bond acceptors (Lipinski definition) is 6. The number of carboxylic acids is 1. The van der Waals surface area contributed by atoms with Gasteiger partial charge in [0.1, 0.15) is 17.4 Å². The minimum Gasteiger partial charge on any atom is -0.508 e. The summed E-state index contributed by atoms with van der Waals surface area (Å²) in [6.45, 7) is 0.182. The van der Waals surface area contributed by atoms with Gasteiger partial charge in [-0.1, -0.05) is 18.6 Å². The Morgan fingerprint density at radius 1 is 1.18 bits per heavy atom. The van der Waals surface area contributed by atoms with E-state index in [4.69, 9.17) is 10.4 Å². The molecule has 2 amide bonds. The van der Waals surface area contributed by atoms with E-state index in [1.165, 1.54) is 18.2 Å². The number of nitrogens with zero attached hydrogens (tertiary/aromatic N) is 1. The van der Waals surface area contributed by atoms with Crippen LogP contribution in [0.25, 0.3) is 6.08 Å². The van der Waals surface area contributed by atoms with Crippen LogP contribution in [0.15, 0.2) is 29.8 Å². The fraction of sp³-hybridized carbons (Fsp3) is 0.368. The van der Waals surface area contributed by atoms with E-state index in [0.717, 1.165) is 19.3 Å². The third-order valence-corrected chi connectivity index (χ3v) is 3.39. The van der Waals surface area contributed by atoms with Gasteiger partial charge in [0.05, 0.1) is 6.54 Å². The van der Waals surface area contributed by atoms with Crippen molar-refractivity contribution in [2.45, 2.75) is 25.7 Å². The van der Waals surface area contributed by atoms with Crippen molar-refractivity contribution >= 4 is 23.9 Å². The lowest BCUT2D eigenvalue weighted by molar-refractivity contribution is -0.135. The maximum absolute atomic E-state index is 11.9. The molecule has 0 aliphatic rings. The molecular weight excluding hydrogens is 364 g/mol. The van der Waals surface area contributed by atoms with Crippen molar-refractivity contribution in [3.05, 3.63) is 35.4 Å². The molecule has 9 heteroatoms. The molecule has 0 bridgehead atoms. The normalized spacial score (nSPS) is 10.1. The average molecular weight is 390 g/mol. The van der Waals surface area contributed by atoms with Crippen LogP contribution in [-0.4, -0.2) is 48.1 Å². The molecule has 0 spiro atoms. The van der Waals surface area contributed by atoms with Crippen LogP contribution in [-0.2, 0) is 14.4 Å². The van der Waals surface area contributed by atoms with Gasteiger partial charge in [0.25, 0.3) is 5.91 Å². The highest BCUT2D eigenvalue weighted by molar-refractivity contribution is 6.01. The summed E-state index contributed by atoms with van der Waals surface area (Å²) in [5, 5.41) is 31.1. The van der Waals surface area contributed by atoms with Crippen molar-refractivity contribution < 1.29 is 24.6 Å². The molecule has 6 N–H and O–H groups in total. The molecule has 152 valence electrons. The Labute approximate surface area is 163 Å². The van der Waals surface area contributed by atoms with E-state index in [-0.39, 0.29) is 23.8 Å². The molecule has 1 aromatic carbocycles. The van der Waals surface area contributed by atoms with Gasteiger partial charge >= 0.3 is 5.97 Å². The molecule has 0 saturated carbocycles. The third-order valence-electron chi connectivity index (χ3n) is 3.39. The first-order valence-electron chi connectivity index (χ1n) is 8.65. The molecule has 0 atom stereocenters. The molecule has 1 rings (SSSR count). The van der Waals surface area contributed by atoms with Crippen molar-refractivity contribution in [1.29, 1.82) is 5.26 Å². The van der Waals surface area contributed by atoms with E-state index in [1.807, 2.05) is 6.07 Å². The Morgan fingerprint density at radius 3 is 2.29 bits per heavy atom. The van der Waals surface area contributed by atoms with Crippen molar-refractivity contribution in [1.82, 2.24) is 10.6 Å². The molecule has 9 nitrogen and oxygen atoms in total. The van der Waals surface area contributed by atoms with Gasteiger partial charge in [0.15, 0.2) is 0 Å². The second kappa shape index (κ2) is 14.8. The monoisotopic (exact) mass is 390 g/mol. The van der Waals surface area contributed by atoms with E-state index in [2.05, 4.69) is 16.4 Å². The van der Waals surface area contributed by atoms with Crippen LogP contribution in [0.4, 0.5) is 0 Å². The smallest absolute Gasteiger partial charge is 0.317 e. The fourth-order valence-corrected chi connectivity index (χ4v) is 1.90. The van der Waals surface area contributed by atoms with Gasteiger partial charge < -0.3 is 26.6 Å². The average Bonchev–Trinajstić information content (AvgIpc) is 2.70. The molecule has 0 aromatic heterocycles. The topological polar surface area (TPSA) is 166 Å². The van der Waals surface area contributed by atoms with Crippen molar-refractivity contribution in [2.24, 2.45) is 5.73 Å². The van der Waals surface area contributed by atoms with E-state index in [9.17, 15) is 19.5 Å². The molecule has 0 unspecified atom stereocenters. The van der Waals surface area contributed by atoms with E-state index in [1.54, 1.807) is 19.2 Å². The number of benzene rings is 1. The number of nitriles is 1. The number of nitrogens with one attached hydrogen (secondary N) is 2. The highest BCUT2D eigenvalue weighted by Gasteiger charge is 2.08. The summed E-state index contributed by atoms with van der Waals surface area (Å²) in [7, 11) is 1.60. The predicted octanol–water partition coefficient (Wildman–Crippen LogP) is 0.751. The first-order valence-corrected chi connectivity index (χ1v) is 8.65. The highest BCUT2D eigenvalue weighted by Crippen LogP contribution is 2.12. The van der Waals surface area contributed by atoms with Gasteiger partial charge in [-0.15, -0.1) is 0 Å². The number of aromatic hydroxyl groups is 1. The number of rotatable bonds is 9. The summed E-state index contributed by atoms with van der Waals surface area (Å²) < 4.78 is 0. The maximum Gasteiger partial charge on any atom is 0.317 e. The zero-order valence-corrected chi connectivity index (χ0v) is 15.8. The van der Waals surface area contributed by atoms with Gasteiger partial charge in [-0.2, -0.15) is 5.26 Å². The van der Waals surface area contributed by atoms with Crippen molar-refractivity contribution in [3.63, 3.8) is 0 Å². The van der Waals surface area contributed by atoms with E-state index >= 15 is 0 Å². The third kappa shape index (κ3) is 12.1. The van der Waals surface area contributed by atoms with E-state index in [0.29, 0.717) is 18.5 Å². The fourth-order valence-electron chi connectivity index (χ4n) is 1.90. The lowest BCUT2D eigenvalue weighted by atomic mass is 10.1. The molecule has 1 aromatic rings. The number of carboxylic acid groups (broad SMARTS) is 1. The Morgan fingerprint density at radius 2 is 1.79 bits per heavy atom. The highest BCUT2D eigenvalue weighted by atomic mass is 16.4. The minimum absolute atomic E-state index is 0.0117. The number of nitrogens with two attached hydrogens (primary N) is 1. The summed E-state index contributed by atoms with van der Waals surface area (Å²) in [6, 6.07) is 8.10. The Kier molecular flexibility index (Phi) is 13.0. The lowest BCUT2D eigenvalue weighted by Crippen LogP contribution is -2.25. The largest absolute Gasteiger partial charge is 0.508 e. The summed E-state index contributed by atoms with van der Waals surface area (Å²) in [5.74, 6) is -1.25. The molecule has 0 heterocycles. The van der Waals surface area contributed by atoms with Crippen molar-refractivity contribution in [3.8, 4) is 11.8 Å². The Balaban J connectivity index is 0.00000129. The quantitative estimate of drug-likeness (QED) is 0.236. The minimum atomic E-state index is -0.968. The number of phenols is 1. The Hall–Kier alpha value is -3.38. The van der Waals surface area contributed by atoms with E-state index < -0.39 is 11.9 Å². The molecule has 0 aliphatic heterocycles. The number of unbranched alkanes of at least 4 members (excludes halogenated alkanes) is 2. The number of carbonyl (C=O) groups is 3. The first-order chi connectivity index (χ1) is 13.3. The summed E-state index contributed by atoms with van der Waals surface area (Å²) in [6.07, 6.45) is 4.30. The number of aliphatic carboxylic acids is 1. The van der Waals surface area contributed by atoms with Gasteiger partial charge in [-0.25, -0.2) is 0 Å². The maximum atomic E-state index is 11.9. The summed E-state index contributed by atoms with van der Waals surface area (Å²) in [5.41, 5.74) is 5.25. The predicted molar refractivity (Wildman–Crippen MR) is 104 cm³/mol. The molecule has 0 radical (unpaired) electrons. The Bertz CT molecular complexity index is 708. The second-order valence-corrected chi connectivity index (χ2v) is 5.60. The van der Waals surface area contributed by atoms with Crippen LogP contribution in [0.3, 0.4) is 0 Å². The van der Waals surface area contributed by atoms with Crippen LogP contribution < -0.4 is 16.4 Å². The van der Waals surface area contributed by atoms with Crippen LogP contribution >= 0.6 is 0 Å². The zero-order valence-electron chi connectivity index (χ0n) is 15.8. The number of carbonyl (C=O) groups excluding carboxylic acids is 2. The van der Waals surface area contributed by atoms with Crippen LogP contribution in [0.2, 0.25) is 0 Å². The second-order valence-electron chi connectivity index (χ2n) is 5.60. The van der Waals surface area contributed by atoms with Gasteiger partial charge in [0.2, 0.25) is 5.91 Å². The molecule has 28 heavy (non-hydrogen) atoms. The van der Waals surface area contributed by atoms with Crippen molar-refractivity contribution in [2.75, 3.05) is 20.1 Å².